The number of thiophene rings is 1. The lowest BCUT2D eigenvalue weighted by molar-refractivity contribution is 0.0351. The van der Waals surface area contributed by atoms with Gasteiger partial charge in [0.25, 0.3) is 0 Å². The Morgan fingerprint density at radius 1 is 1.62 bits per heavy atom. The van der Waals surface area contributed by atoms with E-state index in [9.17, 15) is 5.11 Å². The maximum atomic E-state index is 9.66. The fourth-order valence-electron chi connectivity index (χ4n) is 1.70. The first-order chi connectivity index (χ1) is 7.69. The molecular weight excluding hydrogens is 224 g/mol. The van der Waals surface area contributed by atoms with Crippen LogP contribution in [0.1, 0.15) is 10.9 Å². The van der Waals surface area contributed by atoms with Crippen molar-refractivity contribution < 1.29 is 9.84 Å². The summed E-state index contributed by atoms with van der Waals surface area (Å²) in [5, 5.41) is 11.7. The van der Waals surface area contributed by atoms with Crippen LogP contribution in [0.2, 0.25) is 0 Å². The van der Waals surface area contributed by atoms with E-state index in [0.717, 1.165) is 0 Å². The van der Waals surface area contributed by atoms with E-state index >= 15 is 0 Å². The molecule has 0 aliphatic rings. The summed E-state index contributed by atoms with van der Waals surface area (Å²) < 4.78 is 4.90. The van der Waals surface area contributed by atoms with Gasteiger partial charge >= 0.3 is 0 Å². The number of aliphatic hydroxyl groups excluding tert-OH is 1. The van der Waals surface area contributed by atoms with E-state index in [4.69, 9.17) is 10.5 Å². The van der Waals surface area contributed by atoms with Crippen molar-refractivity contribution in [3.8, 4) is 0 Å². The van der Waals surface area contributed by atoms with Crippen molar-refractivity contribution in [1.82, 2.24) is 4.90 Å². The molecule has 0 aliphatic heterocycles. The molecule has 16 heavy (non-hydrogen) atoms. The Kier molecular flexibility index (Phi) is 5.94. The van der Waals surface area contributed by atoms with Crippen molar-refractivity contribution in [2.75, 3.05) is 33.9 Å². The van der Waals surface area contributed by atoms with Crippen LogP contribution < -0.4 is 5.73 Å². The molecule has 0 saturated heterocycles. The lowest BCUT2D eigenvalue weighted by atomic mass is 10.2. The van der Waals surface area contributed by atoms with Gasteiger partial charge in [-0.25, -0.2) is 0 Å². The molecule has 2 atom stereocenters. The molecule has 1 rings (SSSR count). The maximum Gasteiger partial charge on any atom is 0.0900 e. The first-order valence-electron chi connectivity index (χ1n) is 5.29. The molecule has 1 aromatic rings. The van der Waals surface area contributed by atoms with Crippen LogP contribution in [0, 0.1) is 0 Å². The Labute approximate surface area is 101 Å². The van der Waals surface area contributed by atoms with Crippen molar-refractivity contribution >= 4 is 11.3 Å². The van der Waals surface area contributed by atoms with E-state index in [-0.39, 0.29) is 6.04 Å². The standard InChI is InChI=1S/C11H20N2O2S/c1-13(7-9(14)8-15-2)10(6-12)11-4-3-5-16-11/h3-5,9-10,14H,6-8,12H2,1-2H3. The quantitative estimate of drug-likeness (QED) is 0.741. The Balaban J connectivity index is 2.53. The highest BCUT2D eigenvalue weighted by molar-refractivity contribution is 7.10. The maximum absolute atomic E-state index is 9.66. The lowest BCUT2D eigenvalue weighted by Gasteiger charge is -2.27. The minimum Gasteiger partial charge on any atom is -0.389 e. The molecule has 1 heterocycles. The van der Waals surface area contributed by atoms with Gasteiger partial charge in [-0.15, -0.1) is 11.3 Å². The number of ether oxygens (including phenoxy) is 1. The summed E-state index contributed by atoms with van der Waals surface area (Å²) >= 11 is 1.69. The number of rotatable bonds is 7. The largest absolute Gasteiger partial charge is 0.389 e. The van der Waals surface area contributed by atoms with Crippen LogP contribution in [0.25, 0.3) is 0 Å². The predicted molar refractivity (Wildman–Crippen MR) is 66.6 cm³/mol. The molecule has 0 saturated carbocycles. The SMILES string of the molecule is COCC(O)CN(C)C(CN)c1cccs1. The molecule has 0 fully saturated rings. The van der Waals surface area contributed by atoms with Crippen LogP contribution >= 0.6 is 11.3 Å². The van der Waals surface area contributed by atoms with Crippen LogP contribution in [0.15, 0.2) is 17.5 Å². The van der Waals surface area contributed by atoms with Crippen molar-refractivity contribution in [1.29, 1.82) is 0 Å². The smallest absolute Gasteiger partial charge is 0.0900 e. The average molecular weight is 244 g/mol. The normalized spacial score (nSPS) is 15.3. The van der Waals surface area contributed by atoms with Crippen molar-refractivity contribution in [2.45, 2.75) is 12.1 Å². The number of hydrogen-bond donors (Lipinski definition) is 2. The molecule has 4 nitrogen and oxygen atoms in total. The van der Waals surface area contributed by atoms with Gasteiger partial charge in [-0.2, -0.15) is 0 Å². The highest BCUT2D eigenvalue weighted by Gasteiger charge is 2.18. The molecule has 0 aliphatic carbocycles. The average Bonchev–Trinajstić information content (AvgIpc) is 2.72. The number of methoxy groups -OCH3 is 1. The molecule has 5 heteroatoms. The van der Waals surface area contributed by atoms with Crippen LogP contribution in [-0.4, -0.2) is 50.0 Å². The zero-order valence-electron chi connectivity index (χ0n) is 9.80. The lowest BCUT2D eigenvalue weighted by Crippen LogP contribution is -2.37. The summed E-state index contributed by atoms with van der Waals surface area (Å²) in [6, 6.07) is 4.26. The second-order valence-electron chi connectivity index (χ2n) is 3.82. The molecule has 2 unspecified atom stereocenters. The van der Waals surface area contributed by atoms with E-state index in [1.165, 1.54) is 4.88 Å². The Morgan fingerprint density at radius 2 is 2.38 bits per heavy atom. The third-order valence-corrected chi connectivity index (χ3v) is 3.46. The Bertz CT molecular complexity index is 280. The third-order valence-electron chi connectivity index (χ3n) is 2.48. The summed E-state index contributed by atoms with van der Waals surface area (Å²) in [7, 11) is 3.55. The summed E-state index contributed by atoms with van der Waals surface area (Å²) in [4.78, 5) is 3.30. The van der Waals surface area contributed by atoms with E-state index < -0.39 is 6.10 Å². The van der Waals surface area contributed by atoms with E-state index in [0.29, 0.717) is 19.7 Å². The van der Waals surface area contributed by atoms with Gasteiger partial charge in [-0.3, -0.25) is 4.90 Å². The summed E-state index contributed by atoms with van der Waals surface area (Å²) in [6.45, 7) is 1.47. The monoisotopic (exact) mass is 244 g/mol. The first-order valence-corrected chi connectivity index (χ1v) is 6.17. The molecule has 0 radical (unpaired) electrons. The van der Waals surface area contributed by atoms with Crippen molar-refractivity contribution in [3.63, 3.8) is 0 Å². The van der Waals surface area contributed by atoms with Crippen LogP contribution in [0.3, 0.4) is 0 Å². The number of nitrogens with zero attached hydrogens (tertiary/aromatic N) is 1. The van der Waals surface area contributed by atoms with Gasteiger partial charge in [0.2, 0.25) is 0 Å². The second kappa shape index (κ2) is 6.98. The molecule has 1 aromatic heterocycles. The van der Waals surface area contributed by atoms with Crippen molar-refractivity contribution in [2.24, 2.45) is 5.73 Å². The van der Waals surface area contributed by atoms with E-state index in [1.807, 2.05) is 18.5 Å². The summed E-state index contributed by atoms with van der Waals surface area (Å²) in [5.74, 6) is 0. The first kappa shape index (κ1) is 13.6. The van der Waals surface area contributed by atoms with Crippen LogP contribution in [0.5, 0.6) is 0 Å². The highest BCUT2D eigenvalue weighted by Crippen LogP contribution is 2.22. The van der Waals surface area contributed by atoms with Crippen LogP contribution in [-0.2, 0) is 4.74 Å². The fraction of sp³-hybridized carbons (Fsp3) is 0.636. The zero-order chi connectivity index (χ0) is 12.0. The molecule has 0 amide bonds. The Hall–Kier alpha value is -0.460. The highest BCUT2D eigenvalue weighted by atomic mass is 32.1. The van der Waals surface area contributed by atoms with Gasteiger partial charge in [-0.1, -0.05) is 6.07 Å². The third kappa shape index (κ3) is 3.84. The van der Waals surface area contributed by atoms with Crippen LogP contribution in [0.4, 0.5) is 0 Å². The molecule has 0 spiro atoms. The fourth-order valence-corrected chi connectivity index (χ4v) is 2.60. The predicted octanol–water partition coefficient (Wildman–Crippen LogP) is 0.687. The summed E-state index contributed by atoms with van der Waals surface area (Å²) in [5.41, 5.74) is 5.77. The van der Waals surface area contributed by atoms with E-state index in [2.05, 4.69) is 11.0 Å². The minimum atomic E-state index is -0.469. The molecule has 0 bridgehead atoms. The molecule has 92 valence electrons. The van der Waals surface area contributed by atoms with Gasteiger partial charge < -0.3 is 15.6 Å². The molecule has 3 N–H and O–H groups in total. The second-order valence-corrected chi connectivity index (χ2v) is 4.79. The zero-order valence-corrected chi connectivity index (χ0v) is 10.6. The number of aliphatic hydroxyl groups is 1. The topological polar surface area (TPSA) is 58.7 Å². The minimum absolute atomic E-state index is 0.173. The number of likely N-dealkylation sites (N-methyl/N-ethyl adjacent to an activating group) is 1. The van der Waals surface area contributed by atoms with E-state index in [1.54, 1.807) is 18.4 Å². The van der Waals surface area contributed by atoms with Gasteiger partial charge in [0.15, 0.2) is 0 Å². The number of nitrogens with two attached hydrogens (primary N) is 1. The summed E-state index contributed by atoms with van der Waals surface area (Å²) in [6.07, 6.45) is -0.469. The van der Waals surface area contributed by atoms with Gasteiger partial charge in [-0.05, 0) is 18.5 Å². The molecule has 0 aromatic carbocycles. The number of hydrogen-bond acceptors (Lipinski definition) is 5. The van der Waals surface area contributed by atoms with Gasteiger partial charge in [0.1, 0.15) is 0 Å². The molecular formula is C11H20N2O2S. The van der Waals surface area contributed by atoms with Gasteiger partial charge in [0.05, 0.1) is 18.8 Å². The van der Waals surface area contributed by atoms with Crippen molar-refractivity contribution in [3.05, 3.63) is 22.4 Å². The Morgan fingerprint density at radius 3 is 2.88 bits per heavy atom. The van der Waals surface area contributed by atoms with Gasteiger partial charge in [0, 0.05) is 25.1 Å².